The molecule has 22 heavy (non-hydrogen) atoms. The molecule has 1 aliphatic rings. The third-order valence-corrected chi connectivity index (χ3v) is 3.16. The minimum absolute atomic E-state index is 0.00565. The molecule has 0 bridgehead atoms. The normalized spacial score (nSPS) is 15.0. The molecule has 0 atom stereocenters. The Bertz CT molecular complexity index is 679. The number of nitrogens with one attached hydrogen (secondary N) is 1. The van der Waals surface area contributed by atoms with E-state index in [2.05, 4.69) is 20.5 Å². The Kier molecular flexibility index (Phi) is 4.05. The molecule has 0 radical (unpaired) electrons. The molecule has 1 aliphatic heterocycles. The van der Waals surface area contributed by atoms with Crippen molar-refractivity contribution in [1.82, 2.24) is 15.2 Å². The highest BCUT2D eigenvalue weighted by molar-refractivity contribution is 5.55. The van der Waals surface area contributed by atoms with Crippen molar-refractivity contribution >= 4 is 17.5 Å². The summed E-state index contributed by atoms with van der Waals surface area (Å²) in [6.45, 7) is 2.45. The van der Waals surface area contributed by atoms with Crippen molar-refractivity contribution in [3.8, 4) is 0 Å². The molecule has 0 aliphatic carbocycles. The largest absolute Gasteiger partial charge is 0.378 e. The zero-order chi connectivity index (χ0) is 15.5. The van der Waals surface area contributed by atoms with Gasteiger partial charge in [0.05, 0.1) is 25.1 Å². The van der Waals surface area contributed by atoms with Crippen LogP contribution in [-0.2, 0) is 4.74 Å². The molecule has 1 aromatic carbocycles. The quantitative estimate of drug-likeness (QED) is 0.873. The maximum absolute atomic E-state index is 13.6. The third-order valence-electron chi connectivity index (χ3n) is 3.16. The molecule has 0 amide bonds. The van der Waals surface area contributed by atoms with Gasteiger partial charge < -0.3 is 15.0 Å². The summed E-state index contributed by atoms with van der Waals surface area (Å²) in [6, 6.07) is 1.89. The maximum atomic E-state index is 13.6. The average Bonchev–Trinajstić information content (AvgIpc) is 2.57. The number of nitrogens with zero attached hydrogens (tertiary/aromatic N) is 4. The van der Waals surface area contributed by atoms with Crippen molar-refractivity contribution in [1.29, 1.82) is 0 Å². The number of aromatic nitrogens is 3. The van der Waals surface area contributed by atoms with Gasteiger partial charge in [-0.05, 0) is 12.1 Å². The van der Waals surface area contributed by atoms with Crippen LogP contribution < -0.4 is 10.2 Å². The minimum Gasteiger partial charge on any atom is -0.378 e. The van der Waals surface area contributed by atoms with E-state index in [0.717, 1.165) is 12.1 Å². The molecule has 2 aromatic rings. The number of benzene rings is 1. The lowest BCUT2D eigenvalue weighted by molar-refractivity contribution is 0.122. The highest BCUT2D eigenvalue weighted by atomic mass is 19.2. The summed E-state index contributed by atoms with van der Waals surface area (Å²) in [5.74, 6) is -3.61. The number of morpholine rings is 1. The number of hydrogen-bond acceptors (Lipinski definition) is 6. The second-order valence-corrected chi connectivity index (χ2v) is 4.59. The maximum Gasteiger partial charge on any atom is 0.249 e. The first kappa shape index (κ1) is 14.5. The van der Waals surface area contributed by atoms with Crippen LogP contribution in [0, 0.1) is 17.5 Å². The molecule has 3 rings (SSSR count). The van der Waals surface area contributed by atoms with Crippen LogP contribution in [0.4, 0.5) is 30.6 Å². The first-order valence-electron chi connectivity index (χ1n) is 6.58. The van der Waals surface area contributed by atoms with Crippen molar-refractivity contribution in [2.45, 2.75) is 0 Å². The van der Waals surface area contributed by atoms with Crippen LogP contribution in [0.2, 0.25) is 0 Å². The molecular formula is C13H12F3N5O. The van der Waals surface area contributed by atoms with Gasteiger partial charge in [-0.25, -0.2) is 13.2 Å². The lowest BCUT2D eigenvalue weighted by atomic mass is 10.3. The van der Waals surface area contributed by atoms with Crippen LogP contribution in [-0.4, -0.2) is 41.5 Å². The predicted octanol–water partition coefficient (Wildman–Crippen LogP) is 1.87. The van der Waals surface area contributed by atoms with E-state index in [-0.39, 0.29) is 11.6 Å². The van der Waals surface area contributed by atoms with E-state index in [0.29, 0.717) is 32.1 Å². The van der Waals surface area contributed by atoms with Crippen LogP contribution in [0.15, 0.2) is 18.3 Å². The van der Waals surface area contributed by atoms with E-state index in [9.17, 15) is 13.2 Å². The summed E-state index contributed by atoms with van der Waals surface area (Å²) in [7, 11) is 0. The highest BCUT2D eigenvalue weighted by Crippen LogP contribution is 2.22. The van der Waals surface area contributed by atoms with E-state index < -0.39 is 17.5 Å². The molecule has 1 saturated heterocycles. The van der Waals surface area contributed by atoms with Crippen molar-refractivity contribution < 1.29 is 17.9 Å². The molecule has 1 aromatic heterocycles. The van der Waals surface area contributed by atoms with Gasteiger partial charge in [0.2, 0.25) is 5.95 Å². The third kappa shape index (κ3) is 2.93. The molecule has 116 valence electrons. The number of ether oxygens (including phenoxy) is 1. The Morgan fingerprint density at radius 2 is 1.86 bits per heavy atom. The lowest BCUT2D eigenvalue weighted by Crippen LogP contribution is -2.37. The van der Waals surface area contributed by atoms with Crippen LogP contribution in [0.25, 0.3) is 0 Å². The van der Waals surface area contributed by atoms with Gasteiger partial charge in [-0.15, -0.1) is 5.10 Å². The molecule has 1 fully saturated rings. The van der Waals surface area contributed by atoms with Crippen molar-refractivity contribution in [2.24, 2.45) is 0 Å². The predicted molar refractivity (Wildman–Crippen MR) is 72.5 cm³/mol. The van der Waals surface area contributed by atoms with E-state index in [1.807, 2.05) is 4.90 Å². The van der Waals surface area contributed by atoms with Crippen molar-refractivity contribution in [3.05, 3.63) is 35.8 Å². The number of hydrogen-bond donors (Lipinski definition) is 1. The summed E-state index contributed by atoms with van der Waals surface area (Å²) in [5.41, 5.74) is -0.264. The molecule has 0 unspecified atom stereocenters. The Morgan fingerprint density at radius 1 is 1.09 bits per heavy atom. The minimum atomic E-state index is -1.55. The first-order valence-corrected chi connectivity index (χ1v) is 6.58. The van der Waals surface area contributed by atoms with Crippen LogP contribution in [0.1, 0.15) is 0 Å². The van der Waals surface area contributed by atoms with Crippen molar-refractivity contribution in [3.63, 3.8) is 0 Å². The topological polar surface area (TPSA) is 63.2 Å². The second kappa shape index (κ2) is 6.14. The molecule has 6 nitrogen and oxygen atoms in total. The summed E-state index contributed by atoms with van der Waals surface area (Å²) in [5, 5.41) is 9.98. The van der Waals surface area contributed by atoms with E-state index >= 15 is 0 Å². The molecule has 2 heterocycles. The Hall–Kier alpha value is -2.42. The number of rotatable bonds is 3. The van der Waals surface area contributed by atoms with Gasteiger partial charge in [0, 0.05) is 13.1 Å². The molecule has 0 saturated carbocycles. The van der Waals surface area contributed by atoms with Crippen LogP contribution >= 0.6 is 0 Å². The van der Waals surface area contributed by atoms with Gasteiger partial charge >= 0.3 is 0 Å². The van der Waals surface area contributed by atoms with Gasteiger partial charge in [-0.3, -0.25) is 0 Å². The molecule has 1 N–H and O–H groups in total. The van der Waals surface area contributed by atoms with Crippen LogP contribution in [0.5, 0.6) is 0 Å². The van der Waals surface area contributed by atoms with Crippen LogP contribution in [0.3, 0.4) is 0 Å². The van der Waals surface area contributed by atoms with Gasteiger partial charge in [-0.1, -0.05) is 0 Å². The highest BCUT2D eigenvalue weighted by Gasteiger charge is 2.16. The van der Waals surface area contributed by atoms with E-state index in [1.54, 1.807) is 0 Å². The fourth-order valence-electron chi connectivity index (χ4n) is 2.04. The molecule has 9 heteroatoms. The van der Waals surface area contributed by atoms with E-state index in [1.165, 1.54) is 6.20 Å². The fourth-order valence-corrected chi connectivity index (χ4v) is 2.04. The van der Waals surface area contributed by atoms with Gasteiger partial charge in [-0.2, -0.15) is 10.1 Å². The first-order chi connectivity index (χ1) is 10.6. The Morgan fingerprint density at radius 3 is 2.64 bits per heavy atom. The summed E-state index contributed by atoms with van der Waals surface area (Å²) >= 11 is 0. The molecular weight excluding hydrogens is 299 g/mol. The summed E-state index contributed by atoms with van der Waals surface area (Å²) in [4.78, 5) is 6.12. The average molecular weight is 311 g/mol. The Labute approximate surface area is 123 Å². The zero-order valence-electron chi connectivity index (χ0n) is 11.4. The van der Waals surface area contributed by atoms with Crippen molar-refractivity contribution in [2.75, 3.05) is 36.5 Å². The Balaban J connectivity index is 1.82. The second-order valence-electron chi connectivity index (χ2n) is 4.59. The van der Waals surface area contributed by atoms with E-state index in [4.69, 9.17) is 4.74 Å². The number of halogens is 3. The standard InChI is InChI=1S/C13H12F3N5O/c14-8-1-2-9(12(16)11(8)15)18-13-19-10(7-17-20-13)21-3-5-22-6-4-21/h1-2,7H,3-6H2,(H,18,19,20). The lowest BCUT2D eigenvalue weighted by Gasteiger charge is -2.27. The summed E-state index contributed by atoms with van der Waals surface area (Å²) < 4.78 is 45.0. The monoisotopic (exact) mass is 311 g/mol. The summed E-state index contributed by atoms with van der Waals surface area (Å²) in [6.07, 6.45) is 1.47. The molecule has 0 spiro atoms. The fraction of sp³-hybridized carbons (Fsp3) is 0.308. The van der Waals surface area contributed by atoms with Gasteiger partial charge in [0.15, 0.2) is 23.3 Å². The van der Waals surface area contributed by atoms with Gasteiger partial charge in [0.25, 0.3) is 0 Å². The van der Waals surface area contributed by atoms with Gasteiger partial charge in [0.1, 0.15) is 0 Å². The number of anilines is 3. The zero-order valence-corrected chi connectivity index (χ0v) is 11.4. The SMILES string of the molecule is Fc1ccc(Nc2nncc(N3CCOCC3)n2)c(F)c1F. The smallest absolute Gasteiger partial charge is 0.249 e.